The second kappa shape index (κ2) is 5.73. The number of nitrogens with zero attached hydrogens (tertiary/aromatic N) is 3. The predicted molar refractivity (Wildman–Crippen MR) is 88.0 cm³/mol. The molecule has 3 fully saturated rings. The summed E-state index contributed by atoms with van der Waals surface area (Å²) in [5.41, 5.74) is 1.05. The second-order valence-corrected chi connectivity index (χ2v) is 8.64. The van der Waals surface area contributed by atoms with Gasteiger partial charge in [0, 0.05) is 23.5 Å². The number of hydrogen-bond donors (Lipinski definition) is 0. The number of aromatic nitrogens is 1. The molecule has 3 heterocycles. The van der Waals surface area contributed by atoms with E-state index in [-0.39, 0.29) is 30.3 Å². The molecule has 2 atom stereocenters. The molecule has 1 aromatic heterocycles. The number of aryl methyl sites for hydroxylation is 1. The Bertz CT molecular complexity index is 642. The quantitative estimate of drug-likeness (QED) is 0.836. The summed E-state index contributed by atoms with van der Waals surface area (Å²) < 4.78 is 26.2. The minimum Gasteiger partial charge on any atom is -0.330 e. The van der Waals surface area contributed by atoms with Crippen molar-refractivity contribution in [3.05, 3.63) is 16.1 Å². The van der Waals surface area contributed by atoms with Gasteiger partial charge >= 0.3 is 0 Å². The first-order valence-electron chi connectivity index (χ1n) is 8.67. The molecule has 0 aromatic carbocycles. The van der Waals surface area contributed by atoms with E-state index in [9.17, 15) is 13.6 Å². The van der Waals surface area contributed by atoms with Gasteiger partial charge in [0.2, 0.25) is 5.91 Å². The number of carbonyl (C=O) groups is 1. The zero-order valence-electron chi connectivity index (χ0n) is 13.9. The highest BCUT2D eigenvalue weighted by atomic mass is 32.1. The summed E-state index contributed by atoms with van der Waals surface area (Å²) in [6, 6.07) is 0. The smallest absolute Gasteiger partial charge is 0.282 e. The number of hydrogen-bond acceptors (Lipinski definition) is 4. The van der Waals surface area contributed by atoms with Crippen LogP contribution in [0.2, 0.25) is 0 Å². The van der Waals surface area contributed by atoms with Crippen molar-refractivity contribution in [2.24, 2.45) is 11.3 Å². The highest BCUT2D eigenvalue weighted by Crippen LogP contribution is 2.51. The fourth-order valence-electron chi connectivity index (χ4n) is 4.69. The Morgan fingerprint density at radius 2 is 2.17 bits per heavy atom. The lowest BCUT2D eigenvalue weighted by molar-refractivity contribution is -0.172. The Morgan fingerprint density at radius 3 is 2.83 bits per heavy atom. The zero-order chi connectivity index (χ0) is 16.9. The number of rotatable bonds is 3. The van der Waals surface area contributed by atoms with Crippen LogP contribution in [0.5, 0.6) is 0 Å². The number of likely N-dealkylation sites (tertiary alicyclic amines) is 2. The molecule has 3 aliphatic rings. The van der Waals surface area contributed by atoms with Gasteiger partial charge < -0.3 is 4.90 Å². The van der Waals surface area contributed by atoms with E-state index in [4.69, 9.17) is 0 Å². The molecule has 1 saturated carbocycles. The highest BCUT2D eigenvalue weighted by Gasteiger charge is 2.55. The standard InChI is InChI=1S/C17H23F2N3OS/c1-12-8-24-14(20-12)7-21-6-5-16(9-21)4-2-3-13(16)15(23)22-10-17(18,19)11-22/h8,13H,2-7,9-11H2,1H3/t13-,16-/m0/s1. The van der Waals surface area contributed by atoms with Crippen molar-refractivity contribution < 1.29 is 13.6 Å². The van der Waals surface area contributed by atoms with E-state index >= 15 is 0 Å². The van der Waals surface area contributed by atoms with E-state index in [0.29, 0.717) is 0 Å². The fraction of sp³-hybridized carbons (Fsp3) is 0.765. The Kier molecular flexibility index (Phi) is 3.91. The van der Waals surface area contributed by atoms with Crippen LogP contribution in [-0.2, 0) is 11.3 Å². The Balaban J connectivity index is 1.41. The predicted octanol–water partition coefficient (Wildman–Crippen LogP) is 2.92. The number of alkyl halides is 2. The summed E-state index contributed by atoms with van der Waals surface area (Å²) in [6.07, 6.45) is 3.93. The van der Waals surface area contributed by atoms with Gasteiger partial charge in [-0.15, -0.1) is 11.3 Å². The fourth-order valence-corrected chi connectivity index (χ4v) is 5.50. The molecular weight excluding hydrogens is 332 g/mol. The molecule has 7 heteroatoms. The maximum atomic E-state index is 13.1. The largest absolute Gasteiger partial charge is 0.330 e. The van der Waals surface area contributed by atoms with Crippen molar-refractivity contribution in [3.63, 3.8) is 0 Å². The van der Waals surface area contributed by atoms with Gasteiger partial charge in [-0.25, -0.2) is 13.8 Å². The van der Waals surface area contributed by atoms with Crippen LogP contribution in [0.4, 0.5) is 8.78 Å². The van der Waals surface area contributed by atoms with Crippen LogP contribution >= 0.6 is 11.3 Å². The van der Waals surface area contributed by atoms with Crippen molar-refractivity contribution in [1.82, 2.24) is 14.8 Å². The van der Waals surface area contributed by atoms with E-state index in [0.717, 1.165) is 56.0 Å². The Hall–Kier alpha value is -1.08. The van der Waals surface area contributed by atoms with Gasteiger partial charge in [-0.3, -0.25) is 9.69 Å². The van der Waals surface area contributed by atoms with Gasteiger partial charge in [-0.05, 0) is 38.1 Å². The Labute approximate surface area is 144 Å². The van der Waals surface area contributed by atoms with Crippen LogP contribution < -0.4 is 0 Å². The van der Waals surface area contributed by atoms with Crippen LogP contribution in [-0.4, -0.2) is 52.8 Å². The maximum Gasteiger partial charge on any atom is 0.282 e. The van der Waals surface area contributed by atoms with Crippen molar-refractivity contribution in [3.8, 4) is 0 Å². The van der Waals surface area contributed by atoms with Gasteiger partial charge in [0.1, 0.15) is 5.01 Å². The molecule has 1 spiro atoms. The van der Waals surface area contributed by atoms with Crippen molar-refractivity contribution in [2.75, 3.05) is 26.2 Å². The van der Waals surface area contributed by atoms with Crippen molar-refractivity contribution >= 4 is 17.2 Å². The van der Waals surface area contributed by atoms with E-state index in [1.807, 2.05) is 6.92 Å². The minimum atomic E-state index is -2.67. The third-order valence-electron chi connectivity index (χ3n) is 5.85. The van der Waals surface area contributed by atoms with Gasteiger partial charge in [0.25, 0.3) is 5.92 Å². The summed E-state index contributed by atoms with van der Waals surface area (Å²) >= 11 is 1.68. The lowest BCUT2D eigenvalue weighted by Gasteiger charge is -2.42. The normalized spacial score (nSPS) is 32.5. The SMILES string of the molecule is Cc1csc(CN2CC[C@@]3(CCC[C@H]3C(=O)N3CC(F)(F)C3)C2)n1. The lowest BCUT2D eigenvalue weighted by Crippen LogP contribution is -2.60. The first kappa shape index (κ1) is 16.4. The molecule has 4 rings (SSSR count). The van der Waals surface area contributed by atoms with E-state index < -0.39 is 5.92 Å². The van der Waals surface area contributed by atoms with Crippen LogP contribution in [0.1, 0.15) is 36.4 Å². The molecule has 24 heavy (non-hydrogen) atoms. The van der Waals surface area contributed by atoms with Crippen LogP contribution in [0.15, 0.2) is 5.38 Å². The lowest BCUT2D eigenvalue weighted by atomic mass is 9.76. The third kappa shape index (κ3) is 2.86. The van der Waals surface area contributed by atoms with E-state index in [2.05, 4.69) is 15.3 Å². The molecule has 4 nitrogen and oxygen atoms in total. The van der Waals surface area contributed by atoms with E-state index in [1.165, 1.54) is 4.90 Å². The third-order valence-corrected chi connectivity index (χ3v) is 6.80. The average molecular weight is 355 g/mol. The van der Waals surface area contributed by atoms with Gasteiger partial charge in [-0.2, -0.15) is 0 Å². The number of carbonyl (C=O) groups excluding carboxylic acids is 1. The summed E-state index contributed by atoms with van der Waals surface area (Å²) in [5.74, 6) is -2.78. The summed E-state index contributed by atoms with van der Waals surface area (Å²) in [7, 11) is 0. The summed E-state index contributed by atoms with van der Waals surface area (Å²) in [6.45, 7) is 3.93. The van der Waals surface area contributed by atoms with Gasteiger partial charge in [0.05, 0.1) is 19.6 Å². The van der Waals surface area contributed by atoms with Gasteiger partial charge in [-0.1, -0.05) is 6.42 Å². The first-order valence-corrected chi connectivity index (χ1v) is 9.55. The maximum absolute atomic E-state index is 13.1. The second-order valence-electron chi connectivity index (χ2n) is 7.70. The zero-order valence-corrected chi connectivity index (χ0v) is 14.7. The van der Waals surface area contributed by atoms with Crippen LogP contribution in [0.3, 0.4) is 0 Å². The molecule has 0 unspecified atom stereocenters. The molecule has 1 amide bonds. The first-order chi connectivity index (χ1) is 11.4. The molecule has 2 saturated heterocycles. The summed E-state index contributed by atoms with van der Waals surface area (Å²) in [5, 5.41) is 3.18. The molecule has 2 aliphatic heterocycles. The van der Waals surface area contributed by atoms with Crippen LogP contribution in [0, 0.1) is 18.3 Å². The minimum absolute atomic E-state index is 0.00569. The number of thiazole rings is 1. The van der Waals surface area contributed by atoms with Crippen molar-refractivity contribution in [1.29, 1.82) is 0 Å². The number of halogens is 2. The molecule has 0 bridgehead atoms. The summed E-state index contributed by atoms with van der Waals surface area (Å²) in [4.78, 5) is 21.0. The molecule has 132 valence electrons. The average Bonchev–Trinajstić information content (AvgIpc) is 3.19. The van der Waals surface area contributed by atoms with Gasteiger partial charge in [0.15, 0.2) is 0 Å². The van der Waals surface area contributed by atoms with Crippen LogP contribution in [0.25, 0.3) is 0 Å². The van der Waals surface area contributed by atoms with E-state index in [1.54, 1.807) is 11.3 Å². The molecule has 1 aliphatic carbocycles. The highest BCUT2D eigenvalue weighted by molar-refractivity contribution is 7.09. The van der Waals surface area contributed by atoms with Crippen molar-refractivity contribution in [2.45, 2.75) is 45.1 Å². The molecule has 1 aromatic rings. The monoisotopic (exact) mass is 355 g/mol. The molecular formula is C17H23F2N3OS. The Morgan fingerprint density at radius 1 is 1.38 bits per heavy atom. The molecule has 0 N–H and O–H groups in total. The topological polar surface area (TPSA) is 36.4 Å². The number of amides is 1. The molecule has 0 radical (unpaired) electrons.